The zero-order valence-electron chi connectivity index (χ0n) is 10.3. The molecule has 0 spiro atoms. The van der Waals surface area contributed by atoms with Crippen molar-refractivity contribution < 1.29 is 9.18 Å². The predicted molar refractivity (Wildman–Crippen MR) is 77.0 cm³/mol. The van der Waals surface area contributed by atoms with Gasteiger partial charge in [0, 0.05) is 10.6 Å². The Bertz CT molecular complexity index is 616. The number of hydrogen-bond acceptors (Lipinski definition) is 3. The molecular weight excluding hydrogens is 263 g/mol. The van der Waals surface area contributed by atoms with Crippen LogP contribution >= 0.6 is 11.8 Å². The lowest BCUT2D eigenvalue weighted by atomic mass is 10.1. The first kappa shape index (κ1) is 13.4. The van der Waals surface area contributed by atoms with Crippen LogP contribution in [0.1, 0.15) is 10.4 Å². The summed E-state index contributed by atoms with van der Waals surface area (Å²) in [7, 11) is 0. The van der Waals surface area contributed by atoms with Crippen LogP contribution in [0.4, 0.5) is 15.8 Å². The van der Waals surface area contributed by atoms with E-state index in [1.165, 1.54) is 30.0 Å². The van der Waals surface area contributed by atoms with Crippen molar-refractivity contribution in [2.75, 3.05) is 17.3 Å². The number of para-hydroxylation sites is 1. The highest BCUT2D eigenvalue weighted by Crippen LogP contribution is 2.25. The fraction of sp³-hybridized carbons (Fsp3) is 0.0714. The van der Waals surface area contributed by atoms with Gasteiger partial charge in [-0.3, -0.25) is 4.79 Å². The van der Waals surface area contributed by atoms with Crippen molar-refractivity contribution in [3.8, 4) is 0 Å². The van der Waals surface area contributed by atoms with Crippen LogP contribution in [-0.4, -0.2) is 12.2 Å². The van der Waals surface area contributed by atoms with Gasteiger partial charge in [-0.2, -0.15) is 0 Å². The summed E-state index contributed by atoms with van der Waals surface area (Å²) in [5, 5.41) is 2.69. The van der Waals surface area contributed by atoms with Crippen molar-refractivity contribution in [1.82, 2.24) is 0 Å². The lowest BCUT2D eigenvalue weighted by Gasteiger charge is -2.10. The van der Waals surface area contributed by atoms with Gasteiger partial charge in [-0.25, -0.2) is 4.39 Å². The highest BCUT2D eigenvalue weighted by molar-refractivity contribution is 7.98. The van der Waals surface area contributed by atoms with Crippen molar-refractivity contribution in [1.29, 1.82) is 0 Å². The molecule has 0 radical (unpaired) electrons. The van der Waals surface area contributed by atoms with Gasteiger partial charge in [0.15, 0.2) is 0 Å². The van der Waals surface area contributed by atoms with Crippen LogP contribution in [-0.2, 0) is 0 Å². The van der Waals surface area contributed by atoms with Crippen molar-refractivity contribution in [3.05, 3.63) is 53.8 Å². The molecule has 0 heterocycles. The number of hydrogen-bond donors (Lipinski definition) is 2. The molecule has 0 fully saturated rings. The van der Waals surface area contributed by atoms with Crippen LogP contribution in [0.5, 0.6) is 0 Å². The summed E-state index contributed by atoms with van der Waals surface area (Å²) in [4.78, 5) is 13.0. The summed E-state index contributed by atoms with van der Waals surface area (Å²) in [6.45, 7) is 0. The molecule has 0 aliphatic rings. The Morgan fingerprint density at radius 1 is 1.26 bits per heavy atom. The van der Waals surface area contributed by atoms with Crippen LogP contribution in [0.25, 0.3) is 0 Å². The quantitative estimate of drug-likeness (QED) is 0.667. The molecule has 98 valence electrons. The minimum Gasteiger partial charge on any atom is -0.399 e. The molecule has 0 aliphatic carbocycles. The van der Waals surface area contributed by atoms with Crippen LogP contribution in [0.3, 0.4) is 0 Å². The molecule has 2 aromatic carbocycles. The molecule has 0 atom stereocenters. The van der Waals surface area contributed by atoms with E-state index in [0.717, 1.165) is 4.90 Å². The van der Waals surface area contributed by atoms with Crippen LogP contribution in [0, 0.1) is 5.82 Å². The van der Waals surface area contributed by atoms with Gasteiger partial charge >= 0.3 is 0 Å². The number of rotatable bonds is 3. The molecule has 3 nitrogen and oxygen atoms in total. The second-order valence-electron chi connectivity index (χ2n) is 3.89. The highest BCUT2D eigenvalue weighted by atomic mass is 32.2. The van der Waals surface area contributed by atoms with E-state index < -0.39 is 11.7 Å². The molecule has 0 unspecified atom stereocenters. The van der Waals surface area contributed by atoms with E-state index in [1.54, 1.807) is 6.07 Å². The lowest BCUT2D eigenvalue weighted by Crippen LogP contribution is -2.14. The third-order valence-corrected chi connectivity index (χ3v) is 3.39. The number of nitrogens with two attached hydrogens (primary N) is 1. The number of carbonyl (C=O) groups is 1. The first-order valence-corrected chi connectivity index (χ1v) is 6.83. The van der Waals surface area contributed by atoms with Gasteiger partial charge < -0.3 is 11.1 Å². The SMILES string of the molecule is CSc1ccccc1NC(=O)c1cc(N)ccc1F. The fourth-order valence-corrected chi connectivity index (χ4v) is 2.21. The number of anilines is 2. The first-order valence-electron chi connectivity index (χ1n) is 5.61. The average molecular weight is 276 g/mol. The first-order chi connectivity index (χ1) is 9.11. The summed E-state index contributed by atoms with van der Waals surface area (Å²) in [5.41, 5.74) is 6.51. The minimum absolute atomic E-state index is 0.0593. The largest absolute Gasteiger partial charge is 0.399 e. The van der Waals surface area contributed by atoms with Gasteiger partial charge in [0.25, 0.3) is 5.91 Å². The molecule has 2 aromatic rings. The molecule has 3 N–H and O–H groups in total. The Morgan fingerprint density at radius 3 is 2.74 bits per heavy atom. The Labute approximate surface area is 115 Å². The topological polar surface area (TPSA) is 55.1 Å². The number of benzene rings is 2. The maximum atomic E-state index is 13.6. The van der Waals surface area contributed by atoms with E-state index in [9.17, 15) is 9.18 Å². The minimum atomic E-state index is -0.590. The summed E-state index contributed by atoms with van der Waals surface area (Å²) >= 11 is 1.51. The monoisotopic (exact) mass is 276 g/mol. The fourth-order valence-electron chi connectivity index (χ4n) is 1.65. The van der Waals surface area contributed by atoms with Gasteiger partial charge in [0.05, 0.1) is 11.3 Å². The highest BCUT2D eigenvalue weighted by Gasteiger charge is 2.13. The maximum Gasteiger partial charge on any atom is 0.258 e. The molecular formula is C14H13FN2OS. The standard InChI is InChI=1S/C14H13FN2OS/c1-19-13-5-3-2-4-12(13)17-14(18)10-8-9(16)6-7-11(10)15/h2-8H,16H2,1H3,(H,17,18). The smallest absolute Gasteiger partial charge is 0.258 e. The molecule has 0 aliphatic heterocycles. The Balaban J connectivity index is 2.28. The van der Waals surface area contributed by atoms with E-state index in [2.05, 4.69) is 5.32 Å². The second-order valence-corrected chi connectivity index (χ2v) is 4.74. The Morgan fingerprint density at radius 2 is 2.00 bits per heavy atom. The zero-order chi connectivity index (χ0) is 13.8. The van der Waals surface area contributed by atoms with Crippen LogP contribution in [0.15, 0.2) is 47.4 Å². The van der Waals surface area contributed by atoms with Crippen LogP contribution in [0.2, 0.25) is 0 Å². The van der Waals surface area contributed by atoms with Gasteiger partial charge in [-0.15, -0.1) is 11.8 Å². The summed E-state index contributed by atoms with van der Waals surface area (Å²) < 4.78 is 13.6. The van der Waals surface area contributed by atoms with E-state index in [4.69, 9.17) is 5.73 Å². The molecule has 0 bridgehead atoms. The Kier molecular flexibility index (Phi) is 4.06. The van der Waals surface area contributed by atoms with Crippen molar-refractivity contribution >= 4 is 29.0 Å². The third kappa shape index (κ3) is 3.06. The van der Waals surface area contributed by atoms with Gasteiger partial charge in [0.1, 0.15) is 5.82 Å². The molecule has 0 saturated carbocycles. The summed E-state index contributed by atoms with van der Waals surface area (Å²) in [5.74, 6) is -1.10. The molecule has 0 aromatic heterocycles. The average Bonchev–Trinajstić information content (AvgIpc) is 2.42. The molecule has 1 amide bonds. The zero-order valence-corrected chi connectivity index (χ0v) is 11.1. The summed E-state index contributed by atoms with van der Waals surface area (Å²) in [6.07, 6.45) is 1.91. The predicted octanol–water partition coefficient (Wildman–Crippen LogP) is 3.38. The van der Waals surface area contributed by atoms with Crippen molar-refractivity contribution in [2.24, 2.45) is 0 Å². The number of nitrogens with one attached hydrogen (secondary N) is 1. The summed E-state index contributed by atoms with van der Waals surface area (Å²) in [6, 6.07) is 11.3. The number of amides is 1. The van der Waals surface area contributed by atoms with Crippen molar-refractivity contribution in [3.63, 3.8) is 0 Å². The third-order valence-electron chi connectivity index (χ3n) is 2.59. The van der Waals surface area contributed by atoms with Crippen LogP contribution < -0.4 is 11.1 Å². The normalized spacial score (nSPS) is 10.2. The van der Waals surface area contributed by atoms with Gasteiger partial charge in [-0.05, 0) is 36.6 Å². The number of carbonyl (C=O) groups excluding carboxylic acids is 1. The Hall–Kier alpha value is -2.01. The maximum absolute atomic E-state index is 13.6. The lowest BCUT2D eigenvalue weighted by molar-refractivity contribution is 0.102. The number of nitrogen functional groups attached to an aromatic ring is 1. The molecule has 5 heteroatoms. The van der Waals surface area contributed by atoms with E-state index in [-0.39, 0.29) is 5.56 Å². The van der Waals surface area contributed by atoms with E-state index in [0.29, 0.717) is 11.4 Å². The van der Waals surface area contributed by atoms with E-state index in [1.807, 2.05) is 24.5 Å². The molecule has 0 saturated heterocycles. The second kappa shape index (κ2) is 5.75. The van der Waals surface area contributed by atoms with Gasteiger partial charge in [0.2, 0.25) is 0 Å². The number of thioether (sulfide) groups is 1. The van der Waals surface area contributed by atoms with Crippen molar-refractivity contribution in [2.45, 2.75) is 4.90 Å². The molecule has 2 rings (SSSR count). The molecule has 19 heavy (non-hydrogen) atoms. The number of halogens is 1. The van der Waals surface area contributed by atoms with Gasteiger partial charge in [-0.1, -0.05) is 12.1 Å². The van der Waals surface area contributed by atoms with E-state index >= 15 is 0 Å².